The van der Waals surface area contributed by atoms with Gasteiger partial charge in [0, 0.05) is 26.6 Å². The molecule has 0 saturated carbocycles. The van der Waals surface area contributed by atoms with Crippen molar-refractivity contribution in [1.82, 2.24) is 10.2 Å². The van der Waals surface area contributed by atoms with Gasteiger partial charge in [-0.05, 0) is 74.2 Å². The fourth-order valence-electron chi connectivity index (χ4n) is 4.05. The standard InChI is InChI=1S/C27H38N2O5/c1-31-21-34-25-12-10-22(19-26(25)32-2)11-13-27(30)28-14-7-17-33-24-9-6-8-23(18-24)20-29-15-4-3-5-16-29/h6,8-10,12,18-19H,3-5,7,11,13-17,20-21H2,1-2H3,(H,28,30). The molecule has 34 heavy (non-hydrogen) atoms. The third kappa shape index (κ3) is 8.88. The van der Waals surface area contributed by atoms with E-state index in [9.17, 15) is 4.79 Å². The van der Waals surface area contributed by atoms with Gasteiger partial charge < -0.3 is 24.3 Å². The molecule has 0 aromatic heterocycles. The van der Waals surface area contributed by atoms with Crippen molar-refractivity contribution < 1.29 is 23.7 Å². The van der Waals surface area contributed by atoms with Crippen LogP contribution >= 0.6 is 0 Å². The van der Waals surface area contributed by atoms with E-state index in [-0.39, 0.29) is 12.7 Å². The van der Waals surface area contributed by atoms with E-state index < -0.39 is 0 Å². The molecule has 0 aliphatic carbocycles. The number of nitrogens with one attached hydrogen (secondary N) is 1. The van der Waals surface area contributed by atoms with Crippen molar-refractivity contribution >= 4 is 5.91 Å². The minimum atomic E-state index is 0.0298. The van der Waals surface area contributed by atoms with E-state index in [0.29, 0.717) is 37.5 Å². The third-order valence-electron chi connectivity index (χ3n) is 5.87. The Morgan fingerprint density at radius 1 is 0.971 bits per heavy atom. The first-order valence-electron chi connectivity index (χ1n) is 12.2. The minimum absolute atomic E-state index is 0.0298. The van der Waals surface area contributed by atoms with Gasteiger partial charge in [-0.25, -0.2) is 0 Å². The van der Waals surface area contributed by atoms with Gasteiger partial charge in [0.15, 0.2) is 18.3 Å². The Morgan fingerprint density at radius 3 is 2.62 bits per heavy atom. The number of hydrogen-bond donors (Lipinski definition) is 1. The van der Waals surface area contributed by atoms with E-state index in [0.717, 1.165) is 24.3 Å². The maximum atomic E-state index is 12.2. The molecule has 186 valence electrons. The largest absolute Gasteiger partial charge is 0.494 e. The highest BCUT2D eigenvalue weighted by molar-refractivity contribution is 5.76. The number of piperidine rings is 1. The van der Waals surface area contributed by atoms with E-state index >= 15 is 0 Å². The smallest absolute Gasteiger partial charge is 0.220 e. The zero-order valence-corrected chi connectivity index (χ0v) is 20.5. The lowest BCUT2D eigenvalue weighted by molar-refractivity contribution is -0.121. The second kappa shape index (κ2) is 14.5. The summed E-state index contributed by atoms with van der Waals surface area (Å²) in [6.07, 6.45) is 5.76. The molecule has 1 aliphatic heterocycles. The summed E-state index contributed by atoms with van der Waals surface area (Å²) in [4.78, 5) is 14.7. The quantitative estimate of drug-likeness (QED) is 0.330. The average molecular weight is 471 g/mol. The van der Waals surface area contributed by atoms with Crippen LogP contribution < -0.4 is 19.5 Å². The number of benzene rings is 2. The van der Waals surface area contributed by atoms with Crippen LogP contribution in [0.2, 0.25) is 0 Å². The van der Waals surface area contributed by atoms with E-state index in [1.54, 1.807) is 14.2 Å². The van der Waals surface area contributed by atoms with Crippen molar-refractivity contribution in [3.63, 3.8) is 0 Å². The van der Waals surface area contributed by atoms with Crippen LogP contribution in [0.5, 0.6) is 17.2 Å². The highest BCUT2D eigenvalue weighted by Gasteiger charge is 2.11. The fraction of sp³-hybridized carbons (Fsp3) is 0.519. The van der Waals surface area contributed by atoms with Crippen molar-refractivity contribution in [1.29, 1.82) is 0 Å². The Morgan fingerprint density at radius 2 is 1.82 bits per heavy atom. The molecule has 1 fully saturated rings. The molecule has 0 spiro atoms. The third-order valence-corrected chi connectivity index (χ3v) is 5.87. The number of likely N-dealkylation sites (tertiary alicyclic amines) is 1. The number of methoxy groups -OCH3 is 2. The van der Waals surface area contributed by atoms with Crippen LogP contribution in [-0.4, -0.2) is 58.1 Å². The number of hydrogen-bond acceptors (Lipinski definition) is 6. The Kier molecular flexibility index (Phi) is 11.0. The summed E-state index contributed by atoms with van der Waals surface area (Å²) >= 11 is 0. The summed E-state index contributed by atoms with van der Waals surface area (Å²) < 4.78 is 21.7. The molecular weight excluding hydrogens is 432 g/mol. The summed E-state index contributed by atoms with van der Waals surface area (Å²) in [5, 5.41) is 2.97. The summed E-state index contributed by atoms with van der Waals surface area (Å²) in [5.74, 6) is 2.18. The second-order valence-corrected chi connectivity index (χ2v) is 8.57. The van der Waals surface area contributed by atoms with E-state index in [2.05, 4.69) is 28.4 Å². The highest BCUT2D eigenvalue weighted by Crippen LogP contribution is 2.28. The van der Waals surface area contributed by atoms with Crippen molar-refractivity contribution in [2.75, 3.05) is 47.3 Å². The van der Waals surface area contributed by atoms with Crippen molar-refractivity contribution in [2.24, 2.45) is 0 Å². The number of carbonyl (C=O) groups excluding carboxylic acids is 1. The molecule has 1 heterocycles. The van der Waals surface area contributed by atoms with Gasteiger partial charge in [-0.15, -0.1) is 0 Å². The van der Waals surface area contributed by atoms with Crippen molar-refractivity contribution in [3.05, 3.63) is 53.6 Å². The number of aryl methyl sites for hydroxylation is 1. The van der Waals surface area contributed by atoms with Gasteiger partial charge in [-0.3, -0.25) is 9.69 Å². The maximum absolute atomic E-state index is 12.2. The monoisotopic (exact) mass is 470 g/mol. The van der Waals surface area contributed by atoms with Gasteiger partial charge >= 0.3 is 0 Å². The summed E-state index contributed by atoms with van der Waals surface area (Å²) in [6, 6.07) is 14.0. The van der Waals surface area contributed by atoms with Crippen LogP contribution in [0.4, 0.5) is 0 Å². The molecule has 3 rings (SSSR count). The SMILES string of the molecule is COCOc1ccc(CCC(=O)NCCCOc2cccc(CN3CCCCC3)c2)cc1OC. The Hall–Kier alpha value is -2.77. The van der Waals surface area contributed by atoms with Crippen molar-refractivity contribution in [2.45, 2.75) is 45.1 Å². The molecule has 1 N–H and O–H groups in total. The van der Waals surface area contributed by atoms with Crippen LogP contribution in [0.3, 0.4) is 0 Å². The first kappa shape index (κ1) is 25.8. The summed E-state index contributed by atoms with van der Waals surface area (Å²) in [7, 11) is 3.17. The second-order valence-electron chi connectivity index (χ2n) is 8.57. The lowest BCUT2D eigenvalue weighted by atomic mass is 10.1. The van der Waals surface area contributed by atoms with E-state index in [1.165, 1.54) is 37.9 Å². The zero-order valence-electron chi connectivity index (χ0n) is 20.5. The van der Waals surface area contributed by atoms with Gasteiger partial charge in [0.25, 0.3) is 0 Å². The fourth-order valence-corrected chi connectivity index (χ4v) is 4.05. The zero-order chi connectivity index (χ0) is 24.0. The molecule has 1 amide bonds. The van der Waals surface area contributed by atoms with Gasteiger partial charge in [-0.1, -0.05) is 24.6 Å². The predicted molar refractivity (Wildman–Crippen MR) is 133 cm³/mol. The number of ether oxygens (including phenoxy) is 4. The average Bonchev–Trinajstić information content (AvgIpc) is 2.87. The number of rotatable bonds is 14. The molecule has 7 heteroatoms. The molecule has 2 aromatic carbocycles. The molecule has 2 aromatic rings. The molecule has 0 radical (unpaired) electrons. The van der Waals surface area contributed by atoms with Gasteiger partial charge in [0.1, 0.15) is 5.75 Å². The van der Waals surface area contributed by atoms with Crippen LogP contribution in [0, 0.1) is 0 Å². The maximum Gasteiger partial charge on any atom is 0.220 e. The van der Waals surface area contributed by atoms with Crippen molar-refractivity contribution in [3.8, 4) is 17.2 Å². The number of carbonyl (C=O) groups is 1. The topological polar surface area (TPSA) is 69.3 Å². The molecule has 0 atom stereocenters. The van der Waals surface area contributed by atoms with Crippen LogP contribution in [-0.2, 0) is 22.5 Å². The van der Waals surface area contributed by atoms with E-state index in [4.69, 9.17) is 18.9 Å². The lowest BCUT2D eigenvalue weighted by Gasteiger charge is -2.26. The first-order valence-corrected chi connectivity index (χ1v) is 12.2. The summed E-state index contributed by atoms with van der Waals surface area (Å²) in [5.41, 5.74) is 2.31. The molecule has 1 saturated heterocycles. The molecule has 0 bridgehead atoms. The Labute approximate surface area is 203 Å². The highest BCUT2D eigenvalue weighted by atomic mass is 16.7. The van der Waals surface area contributed by atoms with Gasteiger partial charge in [0.2, 0.25) is 5.91 Å². The lowest BCUT2D eigenvalue weighted by Crippen LogP contribution is -2.29. The number of amides is 1. The molecular formula is C27H38N2O5. The van der Waals surface area contributed by atoms with Gasteiger partial charge in [0.05, 0.1) is 13.7 Å². The van der Waals surface area contributed by atoms with Crippen LogP contribution in [0.1, 0.15) is 43.2 Å². The van der Waals surface area contributed by atoms with Gasteiger partial charge in [-0.2, -0.15) is 0 Å². The minimum Gasteiger partial charge on any atom is -0.494 e. The first-order chi connectivity index (χ1) is 16.7. The van der Waals surface area contributed by atoms with E-state index in [1.807, 2.05) is 24.3 Å². The number of nitrogens with zero attached hydrogens (tertiary/aromatic N) is 1. The Balaban J connectivity index is 1.31. The molecule has 0 unspecified atom stereocenters. The molecule has 1 aliphatic rings. The normalized spacial score (nSPS) is 13.9. The Bertz CT molecular complexity index is 883. The van der Waals surface area contributed by atoms with Crippen LogP contribution in [0.15, 0.2) is 42.5 Å². The molecule has 7 nitrogen and oxygen atoms in total. The van der Waals surface area contributed by atoms with Crippen LogP contribution in [0.25, 0.3) is 0 Å². The summed E-state index contributed by atoms with van der Waals surface area (Å²) in [6.45, 7) is 4.69. The predicted octanol–water partition coefficient (Wildman–Crippen LogP) is 4.18.